The summed E-state index contributed by atoms with van der Waals surface area (Å²) in [6.07, 6.45) is 5.31. The van der Waals surface area contributed by atoms with Gasteiger partial charge in [0.25, 0.3) is 0 Å². The van der Waals surface area contributed by atoms with Gasteiger partial charge in [0.05, 0.1) is 5.52 Å². The molecule has 3 heterocycles. The van der Waals surface area contributed by atoms with Gasteiger partial charge in [-0.2, -0.15) is 0 Å². The minimum Gasteiger partial charge on any atom is -0.301 e. The molecule has 0 atom stereocenters. The number of rotatable bonds is 7. The molecule has 1 fully saturated rings. The molecule has 0 aliphatic carbocycles. The molecule has 0 saturated carbocycles. The zero-order valence-corrected chi connectivity index (χ0v) is 16.8. The molecular formula is C24H30N4. The molecule has 0 bridgehead atoms. The Kier molecular flexibility index (Phi) is 6.30. The third-order valence-corrected chi connectivity index (χ3v) is 5.80. The zero-order chi connectivity index (χ0) is 19.2. The molecular weight excluding hydrogens is 344 g/mol. The van der Waals surface area contributed by atoms with Crippen molar-refractivity contribution in [2.75, 3.05) is 39.3 Å². The molecule has 1 aliphatic rings. The number of aryl methyl sites for hydroxylation is 2. The first-order valence-corrected chi connectivity index (χ1v) is 10.5. The van der Waals surface area contributed by atoms with Crippen molar-refractivity contribution in [1.29, 1.82) is 0 Å². The van der Waals surface area contributed by atoms with E-state index >= 15 is 0 Å². The van der Waals surface area contributed by atoms with Crippen molar-refractivity contribution < 1.29 is 0 Å². The fraction of sp³-hybridized carbons (Fsp3) is 0.417. The van der Waals surface area contributed by atoms with E-state index in [2.05, 4.69) is 57.2 Å². The molecule has 0 N–H and O–H groups in total. The van der Waals surface area contributed by atoms with Crippen molar-refractivity contribution in [1.82, 2.24) is 19.8 Å². The minimum absolute atomic E-state index is 1.02. The maximum atomic E-state index is 4.83. The summed E-state index contributed by atoms with van der Waals surface area (Å²) in [4.78, 5) is 14.4. The number of nitrogens with zero attached hydrogens (tertiary/aromatic N) is 4. The zero-order valence-electron chi connectivity index (χ0n) is 16.8. The van der Waals surface area contributed by atoms with Crippen molar-refractivity contribution in [2.45, 2.75) is 26.2 Å². The first kappa shape index (κ1) is 19.0. The SMILES string of the molecule is Cc1nccc2nc(CCN3CCN(CCCc4ccccc4)CC3)ccc12. The Bertz CT molecular complexity index is 886. The third-order valence-electron chi connectivity index (χ3n) is 5.80. The molecule has 4 nitrogen and oxygen atoms in total. The lowest BCUT2D eigenvalue weighted by molar-refractivity contribution is 0.132. The van der Waals surface area contributed by atoms with E-state index in [0.29, 0.717) is 0 Å². The normalized spacial score (nSPS) is 15.9. The van der Waals surface area contributed by atoms with Crippen LogP contribution in [0.5, 0.6) is 0 Å². The lowest BCUT2D eigenvalue weighted by atomic mass is 10.1. The Labute approximate surface area is 168 Å². The maximum absolute atomic E-state index is 4.83. The van der Waals surface area contributed by atoms with Crippen molar-refractivity contribution in [3.05, 3.63) is 71.7 Å². The maximum Gasteiger partial charge on any atom is 0.0738 e. The first-order chi connectivity index (χ1) is 13.8. The molecule has 3 aromatic rings. The average molecular weight is 375 g/mol. The summed E-state index contributed by atoms with van der Waals surface area (Å²) in [6.45, 7) is 9.06. The number of aromatic nitrogens is 2. The second-order valence-electron chi connectivity index (χ2n) is 7.79. The standard InChI is InChI=1S/C24H30N4/c1-20-23-10-9-22(26-24(23)11-13-25-20)12-15-28-18-16-27(17-19-28)14-5-8-21-6-3-2-4-7-21/h2-4,6-7,9-11,13H,5,8,12,14-19H2,1H3. The van der Waals surface area contributed by atoms with Gasteiger partial charge >= 0.3 is 0 Å². The monoisotopic (exact) mass is 374 g/mol. The Morgan fingerprint density at radius 1 is 0.821 bits per heavy atom. The number of pyridine rings is 2. The van der Waals surface area contributed by atoms with Crippen LogP contribution in [0.2, 0.25) is 0 Å². The largest absolute Gasteiger partial charge is 0.301 e. The van der Waals surface area contributed by atoms with Crippen LogP contribution in [0.25, 0.3) is 10.9 Å². The van der Waals surface area contributed by atoms with E-state index in [9.17, 15) is 0 Å². The van der Waals surface area contributed by atoms with Gasteiger partial charge in [0.15, 0.2) is 0 Å². The highest BCUT2D eigenvalue weighted by Crippen LogP contribution is 2.15. The molecule has 0 unspecified atom stereocenters. The molecule has 0 amide bonds. The van der Waals surface area contributed by atoms with E-state index in [1.54, 1.807) is 0 Å². The van der Waals surface area contributed by atoms with Crippen LogP contribution in [0.3, 0.4) is 0 Å². The predicted octanol–water partition coefficient (Wildman–Crippen LogP) is 3.73. The fourth-order valence-corrected chi connectivity index (χ4v) is 4.04. The van der Waals surface area contributed by atoms with Crippen LogP contribution in [0.4, 0.5) is 0 Å². The molecule has 4 heteroatoms. The fourth-order valence-electron chi connectivity index (χ4n) is 4.04. The quantitative estimate of drug-likeness (QED) is 0.631. The van der Waals surface area contributed by atoms with Crippen LogP contribution < -0.4 is 0 Å². The second-order valence-corrected chi connectivity index (χ2v) is 7.79. The second kappa shape index (κ2) is 9.26. The molecule has 0 radical (unpaired) electrons. The van der Waals surface area contributed by atoms with E-state index in [0.717, 1.165) is 29.6 Å². The number of piperazine rings is 1. The van der Waals surface area contributed by atoms with E-state index in [1.807, 2.05) is 19.2 Å². The van der Waals surface area contributed by atoms with Crippen LogP contribution in [0, 0.1) is 6.92 Å². The smallest absolute Gasteiger partial charge is 0.0738 e. The lowest BCUT2D eigenvalue weighted by Gasteiger charge is -2.34. The molecule has 28 heavy (non-hydrogen) atoms. The van der Waals surface area contributed by atoms with E-state index in [4.69, 9.17) is 4.98 Å². The predicted molar refractivity (Wildman–Crippen MR) is 116 cm³/mol. The minimum atomic E-state index is 1.02. The van der Waals surface area contributed by atoms with Gasteiger partial charge in [-0.05, 0) is 50.1 Å². The van der Waals surface area contributed by atoms with Crippen molar-refractivity contribution in [2.24, 2.45) is 0 Å². The van der Waals surface area contributed by atoms with Crippen LogP contribution in [0.1, 0.15) is 23.4 Å². The van der Waals surface area contributed by atoms with Crippen molar-refractivity contribution in [3.63, 3.8) is 0 Å². The Morgan fingerprint density at radius 2 is 1.57 bits per heavy atom. The summed E-state index contributed by atoms with van der Waals surface area (Å²) in [5.74, 6) is 0. The van der Waals surface area contributed by atoms with Gasteiger partial charge in [0.1, 0.15) is 0 Å². The van der Waals surface area contributed by atoms with Gasteiger partial charge in [-0.25, -0.2) is 0 Å². The van der Waals surface area contributed by atoms with E-state index < -0.39 is 0 Å². The number of benzene rings is 1. The van der Waals surface area contributed by atoms with Gasteiger partial charge < -0.3 is 9.80 Å². The van der Waals surface area contributed by atoms with Crippen LogP contribution in [-0.2, 0) is 12.8 Å². The first-order valence-electron chi connectivity index (χ1n) is 10.5. The topological polar surface area (TPSA) is 32.3 Å². The Morgan fingerprint density at radius 3 is 2.36 bits per heavy atom. The summed E-state index contributed by atoms with van der Waals surface area (Å²) in [5.41, 5.74) is 4.76. The summed E-state index contributed by atoms with van der Waals surface area (Å²) >= 11 is 0. The highest BCUT2D eigenvalue weighted by atomic mass is 15.3. The number of hydrogen-bond acceptors (Lipinski definition) is 4. The van der Waals surface area contributed by atoms with Crippen molar-refractivity contribution >= 4 is 10.9 Å². The molecule has 146 valence electrons. The molecule has 4 rings (SSSR count). The van der Waals surface area contributed by atoms with Crippen LogP contribution in [0.15, 0.2) is 54.7 Å². The third kappa shape index (κ3) is 4.94. The van der Waals surface area contributed by atoms with Gasteiger partial charge in [0, 0.05) is 62.1 Å². The molecule has 1 aliphatic heterocycles. The summed E-state index contributed by atoms with van der Waals surface area (Å²) in [6, 6.07) is 17.2. The van der Waals surface area contributed by atoms with Crippen molar-refractivity contribution in [3.8, 4) is 0 Å². The highest BCUT2D eigenvalue weighted by molar-refractivity contribution is 5.80. The summed E-state index contributed by atoms with van der Waals surface area (Å²) in [5, 5.41) is 1.16. The number of hydrogen-bond donors (Lipinski definition) is 0. The van der Waals surface area contributed by atoms with Gasteiger partial charge in [-0.1, -0.05) is 30.3 Å². The Balaban J connectivity index is 1.19. The van der Waals surface area contributed by atoms with Gasteiger partial charge in [-0.3, -0.25) is 9.97 Å². The molecule has 0 spiro atoms. The molecule has 2 aromatic heterocycles. The van der Waals surface area contributed by atoms with E-state index in [1.165, 1.54) is 56.8 Å². The molecule has 1 saturated heterocycles. The van der Waals surface area contributed by atoms with E-state index in [-0.39, 0.29) is 0 Å². The van der Waals surface area contributed by atoms with Gasteiger partial charge in [0.2, 0.25) is 0 Å². The van der Waals surface area contributed by atoms with Crippen LogP contribution in [-0.4, -0.2) is 59.0 Å². The van der Waals surface area contributed by atoms with Crippen LogP contribution >= 0.6 is 0 Å². The van der Waals surface area contributed by atoms with Gasteiger partial charge in [-0.15, -0.1) is 0 Å². The average Bonchev–Trinajstić information content (AvgIpc) is 2.74. The Hall–Kier alpha value is -2.30. The summed E-state index contributed by atoms with van der Waals surface area (Å²) in [7, 11) is 0. The molecule has 1 aromatic carbocycles. The lowest BCUT2D eigenvalue weighted by Crippen LogP contribution is -2.47. The highest BCUT2D eigenvalue weighted by Gasteiger charge is 2.16. The summed E-state index contributed by atoms with van der Waals surface area (Å²) < 4.78 is 0. The number of fused-ring (bicyclic) bond motifs is 1.